The van der Waals surface area contributed by atoms with E-state index in [9.17, 15) is 18.7 Å². The van der Waals surface area contributed by atoms with E-state index in [0.29, 0.717) is 33.4 Å². The molecule has 13 heteroatoms. The summed E-state index contributed by atoms with van der Waals surface area (Å²) in [5.41, 5.74) is 2.00. The van der Waals surface area contributed by atoms with Crippen molar-refractivity contribution in [3.8, 4) is 11.4 Å². The molecule has 0 atom stereocenters. The number of nitrogens with zero attached hydrogens (tertiary/aromatic N) is 6. The minimum Gasteiger partial charge on any atom is -0.390 e. The molecule has 1 saturated carbocycles. The molecule has 1 aliphatic rings. The lowest BCUT2D eigenvalue weighted by Crippen LogP contribution is -2.41. The monoisotopic (exact) mass is 558 g/mol. The molecular formula is C26H29ClF2N8O2. The minimum atomic E-state index is -2.55. The van der Waals surface area contributed by atoms with Crippen molar-refractivity contribution < 1.29 is 18.7 Å². The molecule has 5 rings (SSSR count). The van der Waals surface area contributed by atoms with Crippen LogP contribution in [-0.4, -0.2) is 58.4 Å². The van der Waals surface area contributed by atoms with Crippen LogP contribution in [0.15, 0.2) is 43.1 Å². The summed E-state index contributed by atoms with van der Waals surface area (Å²) in [7, 11) is 0. The van der Waals surface area contributed by atoms with E-state index in [4.69, 9.17) is 11.6 Å². The number of aliphatic hydroxyl groups is 1. The van der Waals surface area contributed by atoms with Crippen LogP contribution in [0.1, 0.15) is 49.9 Å². The average Bonchev–Trinajstić information content (AvgIpc) is 3.49. The predicted octanol–water partition coefficient (Wildman–Crippen LogP) is 4.71. The highest BCUT2D eigenvalue weighted by Crippen LogP contribution is 2.33. The Morgan fingerprint density at radius 3 is 2.62 bits per heavy atom. The number of pyridine rings is 1. The molecule has 1 amide bonds. The van der Waals surface area contributed by atoms with Crippen LogP contribution in [-0.2, 0) is 6.54 Å². The SMILES string of the molecule is CC(C)(O)C1CCC(NC(=O)c2cnc(-c3cnc4cc(Cl)cnn34)cc2Nc2cnn(CC(F)F)c2)CC1. The van der Waals surface area contributed by atoms with Gasteiger partial charge in [-0.1, -0.05) is 11.6 Å². The lowest BCUT2D eigenvalue weighted by Gasteiger charge is -2.36. The molecule has 0 spiro atoms. The minimum absolute atomic E-state index is 0.0369. The number of fused-ring (bicyclic) bond motifs is 1. The van der Waals surface area contributed by atoms with Crippen molar-refractivity contribution in [1.82, 2.24) is 34.7 Å². The van der Waals surface area contributed by atoms with Gasteiger partial charge in [-0.2, -0.15) is 10.2 Å². The van der Waals surface area contributed by atoms with Crippen molar-refractivity contribution in [2.75, 3.05) is 5.32 Å². The van der Waals surface area contributed by atoms with Gasteiger partial charge in [-0.05, 0) is 51.5 Å². The zero-order chi connectivity index (χ0) is 27.7. The molecule has 0 bridgehead atoms. The van der Waals surface area contributed by atoms with Crippen molar-refractivity contribution >= 4 is 34.5 Å². The Morgan fingerprint density at radius 2 is 1.90 bits per heavy atom. The van der Waals surface area contributed by atoms with E-state index >= 15 is 0 Å². The molecular weight excluding hydrogens is 530 g/mol. The Bertz CT molecular complexity index is 1470. The largest absolute Gasteiger partial charge is 0.390 e. The fraction of sp³-hybridized carbons (Fsp3) is 0.423. The highest BCUT2D eigenvalue weighted by atomic mass is 35.5. The summed E-state index contributed by atoms with van der Waals surface area (Å²) in [5, 5.41) is 25.3. The first-order chi connectivity index (χ1) is 18.6. The Kier molecular flexibility index (Phi) is 7.50. The van der Waals surface area contributed by atoms with Crippen LogP contribution < -0.4 is 10.6 Å². The van der Waals surface area contributed by atoms with E-state index in [2.05, 4.69) is 30.8 Å². The van der Waals surface area contributed by atoms with Crippen LogP contribution in [0.2, 0.25) is 5.02 Å². The van der Waals surface area contributed by atoms with Crippen molar-refractivity contribution in [3.63, 3.8) is 0 Å². The number of nitrogens with one attached hydrogen (secondary N) is 2. The van der Waals surface area contributed by atoms with E-state index in [1.54, 1.807) is 22.8 Å². The van der Waals surface area contributed by atoms with Crippen LogP contribution in [0, 0.1) is 5.92 Å². The highest BCUT2D eigenvalue weighted by Gasteiger charge is 2.32. The fourth-order valence-electron chi connectivity index (χ4n) is 4.94. The lowest BCUT2D eigenvalue weighted by atomic mass is 9.77. The predicted molar refractivity (Wildman–Crippen MR) is 142 cm³/mol. The fourth-order valence-corrected chi connectivity index (χ4v) is 5.08. The zero-order valence-corrected chi connectivity index (χ0v) is 22.2. The van der Waals surface area contributed by atoms with Gasteiger partial charge in [-0.3, -0.25) is 14.5 Å². The third-order valence-electron chi connectivity index (χ3n) is 7.04. The third-order valence-corrected chi connectivity index (χ3v) is 7.24. The van der Waals surface area contributed by atoms with Crippen LogP contribution in [0.25, 0.3) is 17.0 Å². The number of rotatable bonds is 8. The first-order valence-corrected chi connectivity index (χ1v) is 13.0. The van der Waals surface area contributed by atoms with E-state index in [0.717, 1.165) is 30.4 Å². The summed E-state index contributed by atoms with van der Waals surface area (Å²) in [4.78, 5) is 22.2. The molecule has 10 nitrogen and oxygen atoms in total. The highest BCUT2D eigenvalue weighted by molar-refractivity contribution is 6.30. The van der Waals surface area contributed by atoms with Gasteiger partial charge in [0.1, 0.15) is 12.2 Å². The molecule has 0 saturated heterocycles. The number of anilines is 2. The maximum absolute atomic E-state index is 13.4. The smallest absolute Gasteiger partial charge is 0.257 e. The van der Waals surface area contributed by atoms with Crippen LogP contribution in [0.5, 0.6) is 0 Å². The molecule has 4 heterocycles. The maximum atomic E-state index is 13.4. The van der Waals surface area contributed by atoms with Crippen molar-refractivity contribution in [2.45, 2.75) is 64.1 Å². The first-order valence-electron chi connectivity index (χ1n) is 12.7. The normalized spacial score (nSPS) is 18.0. The van der Waals surface area contributed by atoms with E-state index in [-0.39, 0.29) is 23.4 Å². The molecule has 4 aromatic heterocycles. The Labute approximate surface area is 228 Å². The molecule has 4 aromatic rings. The second-order valence-electron chi connectivity index (χ2n) is 10.3. The number of hydrogen-bond donors (Lipinski definition) is 3. The lowest BCUT2D eigenvalue weighted by molar-refractivity contribution is -0.00257. The molecule has 39 heavy (non-hydrogen) atoms. The topological polar surface area (TPSA) is 122 Å². The number of alkyl halides is 2. The number of halogens is 3. The number of carbonyl (C=O) groups excluding carboxylic acids is 1. The van der Waals surface area contributed by atoms with Crippen LogP contribution in [0.3, 0.4) is 0 Å². The Balaban J connectivity index is 1.42. The quantitative estimate of drug-likeness (QED) is 0.286. The molecule has 3 N–H and O–H groups in total. The van der Waals surface area contributed by atoms with Gasteiger partial charge >= 0.3 is 0 Å². The first kappa shape index (κ1) is 26.9. The number of carbonyl (C=O) groups is 1. The van der Waals surface area contributed by atoms with Gasteiger partial charge in [0.2, 0.25) is 0 Å². The standard InChI is InChI=1S/C26H29ClF2N8O2/c1-26(2,39)15-3-5-17(6-4-15)35-25(38)19-11-30-21(22-12-31-24-7-16(27)9-33-37(22)24)8-20(19)34-18-10-32-36(13-18)14-23(28)29/h7-13,15,17,23,39H,3-6,14H2,1-2H3,(H,30,34)(H,35,38). The van der Waals surface area contributed by atoms with Gasteiger partial charge in [0.05, 0.1) is 51.8 Å². The summed E-state index contributed by atoms with van der Waals surface area (Å²) in [6, 6.07) is 3.32. The van der Waals surface area contributed by atoms with Crippen LogP contribution >= 0.6 is 11.6 Å². The van der Waals surface area contributed by atoms with Crippen molar-refractivity contribution in [1.29, 1.82) is 0 Å². The number of aromatic nitrogens is 6. The van der Waals surface area contributed by atoms with E-state index in [1.165, 1.54) is 24.8 Å². The third kappa shape index (κ3) is 6.17. The second-order valence-corrected chi connectivity index (χ2v) is 10.8. The summed E-state index contributed by atoms with van der Waals surface area (Å²) in [6.45, 7) is 3.10. The van der Waals surface area contributed by atoms with Crippen molar-refractivity contribution in [3.05, 3.63) is 53.7 Å². The van der Waals surface area contributed by atoms with Gasteiger partial charge in [0.15, 0.2) is 5.65 Å². The van der Waals surface area contributed by atoms with Gasteiger partial charge in [0.25, 0.3) is 12.3 Å². The summed E-state index contributed by atoms with van der Waals surface area (Å²) >= 11 is 6.04. The van der Waals surface area contributed by atoms with Gasteiger partial charge in [0, 0.05) is 24.5 Å². The number of amides is 1. The number of imidazole rings is 1. The maximum Gasteiger partial charge on any atom is 0.257 e. The molecule has 0 aromatic carbocycles. The molecule has 1 aliphatic carbocycles. The molecule has 0 radical (unpaired) electrons. The average molecular weight is 559 g/mol. The second kappa shape index (κ2) is 10.9. The van der Waals surface area contributed by atoms with Crippen LogP contribution in [0.4, 0.5) is 20.2 Å². The summed E-state index contributed by atoms with van der Waals surface area (Å²) < 4.78 is 28.4. The van der Waals surface area contributed by atoms with Gasteiger partial charge in [-0.25, -0.2) is 18.3 Å². The zero-order valence-electron chi connectivity index (χ0n) is 21.5. The molecule has 1 fully saturated rings. The van der Waals surface area contributed by atoms with E-state index in [1.807, 2.05) is 13.8 Å². The number of hydrogen-bond acceptors (Lipinski definition) is 7. The summed E-state index contributed by atoms with van der Waals surface area (Å²) in [6.07, 6.45) is 8.01. The molecule has 0 aliphatic heterocycles. The summed E-state index contributed by atoms with van der Waals surface area (Å²) in [5.74, 6) is -0.131. The van der Waals surface area contributed by atoms with Crippen molar-refractivity contribution in [2.24, 2.45) is 5.92 Å². The Hall–Kier alpha value is -3.64. The Morgan fingerprint density at radius 1 is 1.13 bits per heavy atom. The van der Waals surface area contributed by atoms with E-state index < -0.39 is 18.6 Å². The molecule has 0 unspecified atom stereocenters. The molecule has 206 valence electrons. The van der Waals surface area contributed by atoms with Gasteiger partial charge in [-0.15, -0.1) is 0 Å². The van der Waals surface area contributed by atoms with Gasteiger partial charge < -0.3 is 15.7 Å².